The van der Waals surface area contributed by atoms with E-state index in [2.05, 4.69) is 20.3 Å². The number of esters is 1. The molecule has 0 radical (unpaired) electrons. The van der Waals surface area contributed by atoms with E-state index < -0.39 is 0 Å². The predicted molar refractivity (Wildman–Crippen MR) is 96.6 cm³/mol. The number of benzene rings is 2. The lowest BCUT2D eigenvalue weighted by Crippen LogP contribution is -2.06. The fraction of sp³-hybridized carbons (Fsp3) is 0.111. The second-order valence-electron chi connectivity index (χ2n) is 4.83. The molecule has 0 aliphatic rings. The Labute approximate surface area is 147 Å². The van der Waals surface area contributed by atoms with Crippen molar-refractivity contribution in [3.8, 4) is 21.7 Å². The van der Waals surface area contributed by atoms with E-state index in [0.717, 1.165) is 20.5 Å². The fourth-order valence-electron chi connectivity index (χ4n) is 2.27. The van der Waals surface area contributed by atoms with Gasteiger partial charge in [-0.05, 0) is 36.2 Å². The maximum Gasteiger partial charge on any atom is 0.341 e. The Hall–Kier alpha value is -1.98. The van der Waals surface area contributed by atoms with Crippen LogP contribution >= 0.6 is 27.5 Å². The van der Waals surface area contributed by atoms with E-state index in [0.29, 0.717) is 17.9 Å². The Morgan fingerprint density at radius 3 is 2.43 bits per heavy atom. The summed E-state index contributed by atoms with van der Waals surface area (Å²) in [4.78, 5) is 13.3. The van der Waals surface area contributed by atoms with E-state index in [-0.39, 0.29) is 5.97 Å². The van der Waals surface area contributed by atoms with Crippen molar-refractivity contribution in [2.24, 2.45) is 0 Å². The van der Waals surface area contributed by atoms with Crippen LogP contribution in [0.4, 0.5) is 0 Å². The smallest absolute Gasteiger partial charge is 0.341 e. The number of carbonyl (C=O) groups excluding carboxylic acids is 1. The number of nitrogens with zero attached hydrogens (tertiary/aromatic N) is 1. The number of carbonyl (C=O) groups is 1. The highest BCUT2D eigenvalue weighted by Gasteiger charge is 2.23. The summed E-state index contributed by atoms with van der Waals surface area (Å²) < 4.78 is 10.8. The van der Waals surface area contributed by atoms with Crippen LogP contribution in [0.3, 0.4) is 0 Å². The van der Waals surface area contributed by atoms with E-state index in [9.17, 15) is 4.79 Å². The Morgan fingerprint density at radius 1 is 1.09 bits per heavy atom. The molecule has 0 aliphatic heterocycles. The van der Waals surface area contributed by atoms with Crippen LogP contribution in [-0.2, 0) is 4.74 Å². The van der Waals surface area contributed by atoms with Crippen LogP contribution < -0.4 is 0 Å². The zero-order valence-electron chi connectivity index (χ0n) is 12.5. The molecule has 0 fully saturated rings. The lowest BCUT2D eigenvalue weighted by atomic mass is 10.0. The first kappa shape index (κ1) is 15.9. The fourth-order valence-corrected chi connectivity index (χ4v) is 3.43. The summed E-state index contributed by atoms with van der Waals surface area (Å²) in [7, 11) is 0. The van der Waals surface area contributed by atoms with Gasteiger partial charge in [-0.25, -0.2) is 4.79 Å². The molecule has 0 saturated heterocycles. The van der Waals surface area contributed by atoms with E-state index >= 15 is 0 Å². The molecule has 23 heavy (non-hydrogen) atoms. The molecule has 2 aromatic carbocycles. The molecule has 0 bridgehead atoms. The van der Waals surface area contributed by atoms with Crippen molar-refractivity contribution in [1.82, 2.24) is 4.37 Å². The molecule has 3 nitrogen and oxygen atoms in total. The lowest BCUT2D eigenvalue weighted by molar-refractivity contribution is 0.0528. The van der Waals surface area contributed by atoms with Gasteiger partial charge in [0.1, 0.15) is 5.56 Å². The second-order valence-corrected chi connectivity index (χ2v) is 6.52. The van der Waals surface area contributed by atoms with Crippen molar-refractivity contribution in [3.63, 3.8) is 0 Å². The molecular formula is C18H14BrNO2S. The van der Waals surface area contributed by atoms with Crippen LogP contribution in [0.5, 0.6) is 0 Å². The Kier molecular flexibility index (Phi) is 4.88. The number of halogens is 1. The molecule has 0 N–H and O–H groups in total. The van der Waals surface area contributed by atoms with Gasteiger partial charge >= 0.3 is 5.97 Å². The minimum absolute atomic E-state index is 0.335. The van der Waals surface area contributed by atoms with Gasteiger partial charge in [0, 0.05) is 10.0 Å². The van der Waals surface area contributed by atoms with Gasteiger partial charge in [-0.2, -0.15) is 4.37 Å². The standard InChI is InChI=1S/C18H14BrNO2S/c1-2-22-18(21)15-16(12-8-10-14(19)11-9-12)20-23-17(15)13-6-4-3-5-7-13/h3-11H,2H2,1H3. The van der Waals surface area contributed by atoms with Gasteiger partial charge in [-0.15, -0.1) is 0 Å². The zero-order valence-corrected chi connectivity index (χ0v) is 14.9. The predicted octanol–water partition coefficient (Wildman–Crippen LogP) is 5.42. The Balaban J connectivity index is 2.15. The van der Waals surface area contributed by atoms with E-state index in [1.807, 2.05) is 54.6 Å². The summed E-state index contributed by atoms with van der Waals surface area (Å²) >= 11 is 4.74. The first-order valence-electron chi connectivity index (χ1n) is 7.19. The highest BCUT2D eigenvalue weighted by molar-refractivity contribution is 9.10. The van der Waals surface area contributed by atoms with Gasteiger partial charge in [-0.3, -0.25) is 0 Å². The molecule has 3 rings (SSSR count). The normalized spacial score (nSPS) is 10.5. The Morgan fingerprint density at radius 2 is 1.78 bits per heavy atom. The molecule has 0 saturated carbocycles. The molecule has 0 spiro atoms. The molecule has 1 aromatic heterocycles. The summed E-state index contributed by atoms with van der Waals surface area (Å²) in [5.74, 6) is -0.335. The van der Waals surface area contributed by atoms with Crippen molar-refractivity contribution in [2.75, 3.05) is 6.61 Å². The molecule has 116 valence electrons. The molecule has 3 aromatic rings. The number of rotatable bonds is 4. The Bertz CT molecular complexity index is 813. The van der Waals surface area contributed by atoms with E-state index in [1.165, 1.54) is 11.5 Å². The van der Waals surface area contributed by atoms with Crippen LogP contribution in [0, 0.1) is 0 Å². The number of hydrogen-bond donors (Lipinski definition) is 0. The highest BCUT2D eigenvalue weighted by atomic mass is 79.9. The molecule has 0 aliphatic carbocycles. The van der Waals surface area contributed by atoms with Gasteiger partial charge in [0.05, 0.1) is 17.2 Å². The zero-order chi connectivity index (χ0) is 16.2. The SMILES string of the molecule is CCOC(=O)c1c(-c2ccc(Br)cc2)nsc1-c1ccccc1. The maximum absolute atomic E-state index is 12.5. The molecule has 1 heterocycles. The van der Waals surface area contributed by atoms with Crippen LogP contribution in [-0.4, -0.2) is 16.9 Å². The van der Waals surface area contributed by atoms with Crippen LogP contribution in [0.1, 0.15) is 17.3 Å². The van der Waals surface area contributed by atoms with Crippen molar-refractivity contribution < 1.29 is 9.53 Å². The van der Waals surface area contributed by atoms with Crippen molar-refractivity contribution in [3.05, 3.63) is 64.6 Å². The minimum Gasteiger partial charge on any atom is -0.462 e. The second kappa shape index (κ2) is 7.06. The van der Waals surface area contributed by atoms with Gasteiger partial charge in [0.2, 0.25) is 0 Å². The van der Waals surface area contributed by atoms with Crippen molar-refractivity contribution in [1.29, 1.82) is 0 Å². The third-order valence-electron chi connectivity index (χ3n) is 3.33. The molecule has 0 unspecified atom stereocenters. The van der Waals surface area contributed by atoms with Crippen LogP contribution in [0.15, 0.2) is 59.1 Å². The van der Waals surface area contributed by atoms with Crippen LogP contribution in [0.2, 0.25) is 0 Å². The third kappa shape index (κ3) is 3.35. The number of ether oxygens (including phenoxy) is 1. The average Bonchev–Trinajstić information content (AvgIpc) is 3.01. The number of aromatic nitrogens is 1. The van der Waals surface area contributed by atoms with Gasteiger partial charge < -0.3 is 4.74 Å². The topological polar surface area (TPSA) is 39.2 Å². The molecule has 0 atom stereocenters. The highest BCUT2D eigenvalue weighted by Crippen LogP contribution is 2.36. The van der Waals surface area contributed by atoms with E-state index in [4.69, 9.17) is 4.74 Å². The first-order chi connectivity index (χ1) is 11.2. The quantitative estimate of drug-likeness (QED) is 0.561. The monoisotopic (exact) mass is 387 g/mol. The summed E-state index contributed by atoms with van der Waals surface area (Å²) in [5, 5.41) is 0. The van der Waals surface area contributed by atoms with Gasteiger partial charge in [0.25, 0.3) is 0 Å². The van der Waals surface area contributed by atoms with Crippen LogP contribution in [0.25, 0.3) is 21.7 Å². The average molecular weight is 388 g/mol. The minimum atomic E-state index is -0.335. The third-order valence-corrected chi connectivity index (χ3v) is 4.75. The maximum atomic E-state index is 12.5. The summed E-state index contributed by atoms with van der Waals surface area (Å²) in [6.07, 6.45) is 0. The molecule has 5 heteroatoms. The first-order valence-corrected chi connectivity index (χ1v) is 8.75. The summed E-state index contributed by atoms with van der Waals surface area (Å²) in [6, 6.07) is 17.5. The van der Waals surface area contributed by atoms with Gasteiger partial charge in [0.15, 0.2) is 0 Å². The number of hydrogen-bond acceptors (Lipinski definition) is 4. The summed E-state index contributed by atoms with van der Waals surface area (Å²) in [5.41, 5.74) is 3.07. The van der Waals surface area contributed by atoms with Crippen molar-refractivity contribution >= 4 is 33.4 Å². The molecular weight excluding hydrogens is 374 g/mol. The summed E-state index contributed by atoms with van der Waals surface area (Å²) in [6.45, 7) is 2.14. The van der Waals surface area contributed by atoms with Crippen molar-refractivity contribution in [2.45, 2.75) is 6.92 Å². The lowest BCUT2D eigenvalue weighted by Gasteiger charge is -2.06. The largest absolute Gasteiger partial charge is 0.462 e. The van der Waals surface area contributed by atoms with Gasteiger partial charge in [-0.1, -0.05) is 58.4 Å². The van der Waals surface area contributed by atoms with E-state index in [1.54, 1.807) is 6.92 Å². The molecule has 0 amide bonds.